The molecule has 0 spiro atoms. The molecule has 0 aliphatic heterocycles. The first-order valence-electron chi connectivity index (χ1n) is 8.84. The average molecular weight is 457 g/mol. The fraction of sp³-hybridized carbons (Fsp3) is 0.143. The maximum atomic E-state index is 12.5. The van der Waals surface area contributed by atoms with Gasteiger partial charge in [-0.05, 0) is 35.9 Å². The van der Waals surface area contributed by atoms with Crippen LogP contribution >= 0.6 is 0 Å². The molecule has 0 atom stereocenters. The number of carbonyl (C=O) groups is 1. The first-order chi connectivity index (χ1) is 14.9. The van der Waals surface area contributed by atoms with Crippen LogP contribution in [-0.4, -0.2) is 28.8 Å². The molecule has 2 aromatic carbocycles. The third-order valence-corrected chi connectivity index (χ3v) is 4.03. The summed E-state index contributed by atoms with van der Waals surface area (Å²) in [6, 6.07) is 12.7. The summed E-state index contributed by atoms with van der Waals surface area (Å²) in [5, 5.41) is 9.22. The zero-order valence-electron chi connectivity index (χ0n) is 15.9. The van der Waals surface area contributed by atoms with Crippen LogP contribution in [0.5, 0.6) is 11.5 Å². The van der Waals surface area contributed by atoms with Crippen LogP contribution < -0.4 is 9.47 Å². The number of aliphatic carboxylic acids is 1. The fourth-order valence-corrected chi connectivity index (χ4v) is 2.92. The number of hydrogen-bond donors (Lipinski definition) is 1. The van der Waals surface area contributed by atoms with Crippen molar-refractivity contribution in [2.75, 3.05) is 0 Å². The molecule has 1 heterocycles. The van der Waals surface area contributed by atoms with E-state index in [9.17, 15) is 36.2 Å². The summed E-state index contributed by atoms with van der Waals surface area (Å²) in [6.07, 6.45) is -10.4. The lowest BCUT2D eigenvalue weighted by Crippen LogP contribution is -2.17. The number of halogens is 6. The number of carboxylic acids is 1. The second-order valence-electron chi connectivity index (χ2n) is 6.41. The molecular formula is C21H13F6NO4. The van der Waals surface area contributed by atoms with Crippen molar-refractivity contribution in [3.63, 3.8) is 0 Å². The molecule has 0 saturated heterocycles. The molecule has 0 aliphatic rings. The van der Waals surface area contributed by atoms with E-state index in [0.29, 0.717) is 0 Å². The third kappa shape index (κ3) is 6.37. The number of carboxylic acid groups (broad SMARTS) is 1. The highest BCUT2D eigenvalue weighted by Crippen LogP contribution is 2.32. The van der Waals surface area contributed by atoms with Gasteiger partial charge >= 0.3 is 18.7 Å². The van der Waals surface area contributed by atoms with E-state index in [0.717, 1.165) is 24.3 Å². The largest absolute Gasteiger partial charge is 0.573 e. The molecule has 32 heavy (non-hydrogen) atoms. The summed E-state index contributed by atoms with van der Waals surface area (Å²) in [5.41, 5.74) is 0.823. The van der Waals surface area contributed by atoms with E-state index in [4.69, 9.17) is 0 Å². The van der Waals surface area contributed by atoms with Gasteiger partial charge in [-0.1, -0.05) is 30.3 Å². The highest BCUT2D eigenvalue weighted by molar-refractivity contribution is 5.77. The predicted octanol–water partition coefficient (Wildman–Crippen LogP) is 5.84. The van der Waals surface area contributed by atoms with E-state index >= 15 is 0 Å². The van der Waals surface area contributed by atoms with Crippen LogP contribution in [-0.2, 0) is 11.2 Å². The number of nitrogens with zero attached hydrogens (tertiary/aromatic N) is 1. The number of aromatic nitrogens is 1. The van der Waals surface area contributed by atoms with Crippen LogP contribution in [0, 0.1) is 0 Å². The van der Waals surface area contributed by atoms with Crippen LogP contribution in [0.25, 0.3) is 22.4 Å². The Morgan fingerprint density at radius 1 is 0.812 bits per heavy atom. The number of benzene rings is 2. The van der Waals surface area contributed by atoms with Crippen LogP contribution in [0.3, 0.4) is 0 Å². The maximum Gasteiger partial charge on any atom is 0.573 e. The summed E-state index contributed by atoms with van der Waals surface area (Å²) < 4.78 is 82.7. The first kappa shape index (κ1) is 22.9. The highest BCUT2D eigenvalue weighted by atomic mass is 19.4. The molecule has 0 unspecified atom stereocenters. The number of pyridine rings is 1. The van der Waals surface area contributed by atoms with Gasteiger partial charge in [0.1, 0.15) is 11.5 Å². The Balaban J connectivity index is 2.02. The summed E-state index contributed by atoms with van der Waals surface area (Å²) in [4.78, 5) is 15.5. The Morgan fingerprint density at radius 3 is 1.88 bits per heavy atom. The third-order valence-electron chi connectivity index (χ3n) is 4.03. The molecular weight excluding hydrogens is 444 g/mol. The topological polar surface area (TPSA) is 68.7 Å². The highest BCUT2D eigenvalue weighted by Gasteiger charge is 2.32. The quantitative estimate of drug-likeness (QED) is 0.471. The minimum Gasteiger partial charge on any atom is -0.481 e. The van der Waals surface area contributed by atoms with E-state index in [2.05, 4.69) is 14.5 Å². The van der Waals surface area contributed by atoms with Gasteiger partial charge in [-0.2, -0.15) is 0 Å². The maximum absolute atomic E-state index is 12.5. The van der Waals surface area contributed by atoms with Crippen molar-refractivity contribution < 1.29 is 45.7 Å². The molecule has 168 valence electrons. The fourth-order valence-electron chi connectivity index (χ4n) is 2.92. The van der Waals surface area contributed by atoms with Gasteiger partial charge in [0.25, 0.3) is 0 Å². The van der Waals surface area contributed by atoms with Crippen molar-refractivity contribution >= 4 is 5.97 Å². The summed E-state index contributed by atoms with van der Waals surface area (Å²) >= 11 is 0. The van der Waals surface area contributed by atoms with Crippen LogP contribution in [0.2, 0.25) is 0 Å². The Hall–Kier alpha value is -3.76. The molecule has 3 aromatic rings. The van der Waals surface area contributed by atoms with E-state index in [1.165, 1.54) is 36.4 Å². The molecule has 0 bridgehead atoms. The van der Waals surface area contributed by atoms with Crippen LogP contribution in [0.15, 0.2) is 60.7 Å². The van der Waals surface area contributed by atoms with Gasteiger partial charge in [-0.15, -0.1) is 26.3 Å². The van der Waals surface area contributed by atoms with Crippen molar-refractivity contribution in [2.45, 2.75) is 19.1 Å². The van der Waals surface area contributed by atoms with Gasteiger partial charge in [0, 0.05) is 11.1 Å². The zero-order valence-corrected chi connectivity index (χ0v) is 15.9. The van der Waals surface area contributed by atoms with Crippen molar-refractivity contribution in [1.82, 2.24) is 4.98 Å². The number of rotatable bonds is 6. The summed E-state index contributed by atoms with van der Waals surface area (Å²) in [7, 11) is 0. The molecule has 0 radical (unpaired) electrons. The van der Waals surface area contributed by atoms with E-state index < -0.39 is 36.6 Å². The molecule has 1 N–H and O–H groups in total. The summed E-state index contributed by atoms with van der Waals surface area (Å²) in [6.45, 7) is 0. The second-order valence-corrected chi connectivity index (χ2v) is 6.41. The first-order valence-corrected chi connectivity index (χ1v) is 8.84. The summed E-state index contributed by atoms with van der Waals surface area (Å²) in [5.74, 6) is -2.25. The molecule has 11 heteroatoms. The van der Waals surface area contributed by atoms with E-state index in [1.807, 2.05) is 0 Å². The molecule has 5 nitrogen and oxygen atoms in total. The Kier molecular flexibility index (Phi) is 6.28. The number of ether oxygens (including phenoxy) is 2. The smallest absolute Gasteiger partial charge is 0.481 e. The monoisotopic (exact) mass is 457 g/mol. The molecule has 3 rings (SSSR count). The zero-order chi connectivity index (χ0) is 23.5. The average Bonchev–Trinajstić information content (AvgIpc) is 2.65. The Morgan fingerprint density at radius 2 is 1.34 bits per heavy atom. The lowest BCUT2D eigenvalue weighted by atomic mass is 10.00. The molecule has 0 aliphatic carbocycles. The van der Waals surface area contributed by atoms with Crippen molar-refractivity contribution in [3.05, 3.63) is 66.4 Å². The van der Waals surface area contributed by atoms with Crippen molar-refractivity contribution in [3.8, 4) is 33.9 Å². The van der Waals surface area contributed by atoms with Gasteiger partial charge in [0.05, 0.1) is 17.8 Å². The van der Waals surface area contributed by atoms with Crippen molar-refractivity contribution in [1.29, 1.82) is 0 Å². The van der Waals surface area contributed by atoms with Gasteiger partial charge in [-0.25, -0.2) is 0 Å². The van der Waals surface area contributed by atoms with Crippen LogP contribution in [0.4, 0.5) is 26.3 Å². The molecule has 0 saturated carbocycles. The second kappa shape index (κ2) is 8.77. The van der Waals surface area contributed by atoms with Crippen molar-refractivity contribution in [2.24, 2.45) is 0 Å². The standard InChI is InChI=1S/C21H13F6NO4/c22-20(23,24)31-14-5-1-3-12(9-14)16-7-8-17(28-18(16)11-19(29)30)13-4-2-6-15(10-13)32-21(25,26)27/h1-10H,11H2,(H,29,30). The normalized spacial score (nSPS) is 11.8. The number of alkyl halides is 6. The molecule has 1 aromatic heterocycles. The van der Waals surface area contributed by atoms with Gasteiger partial charge in [0.15, 0.2) is 0 Å². The SMILES string of the molecule is O=C(O)Cc1nc(-c2cccc(OC(F)(F)F)c2)ccc1-c1cccc(OC(F)(F)F)c1. The molecule has 0 amide bonds. The Bertz CT molecular complexity index is 1130. The van der Waals surface area contributed by atoms with Gasteiger partial charge < -0.3 is 14.6 Å². The minimum absolute atomic E-state index is 0.00121. The van der Waals surface area contributed by atoms with Crippen LogP contribution in [0.1, 0.15) is 5.69 Å². The van der Waals surface area contributed by atoms with Gasteiger partial charge in [0.2, 0.25) is 0 Å². The number of hydrogen-bond acceptors (Lipinski definition) is 4. The predicted molar refractivity (Wildman–Crippen MR) is 99.8 cm³/mol. The van der Waals surface area contributed by atoms with E-state index in [1.54, 1.807) is 0 Å². The van der Waals surface area contributed by atoms with E-state index in [-0.39, 0.29) is 28.1 Å². The lowest BCUT2D eigenvalue weighted by molar-refractivity contribution is -0.275. The molecule has 0 fully saturated rings. The Labute approximate surface area is 176 Å². The lowest BCUT2D eigenvalue weighted by Gasteiger charge is -2.13. The van der Waals surface area contributed by atoms with Gasteiger partial charge in [-0.3, -0.25) is 9.78 Å². The minimum atomic E-state index is -4.91.